The van der Waals surface area contributed by atoms with Crippen molar-refractivity contribution < 1.29 is 23.9 Å². The highest BCUT2D eigenvalue weighted by atomic mass is 16.5. The van der Waals surface area contributed by atoms with Crippen molar-refractivity contribution >= 4 is 17.7 Å². The average Bonchev–Trinajstić information content (AvgIpc) is 3.24. The fraction of sp³-hybridized carbons (Fsp3) is 0.471. The van der Waals surface area contributed by atoms with Crippen molar-refractivity contribution in [2.75, 3.05) is 6.61 Å². The molecule has 0 radical (unpaired) electrons. The Morgan fingerprint density at radius 1 is 1.17 bits per heavy atom. The Labute approximate surface area is 138 Å². The van der Waals surface area contributed by atoms with Gasteiger partial charge in [0.05, 0.1) is 24.0 Å². The van der Waals surface area contributed by atoms with Crippen molar-refractivity contribution in [3.8, 4) is 5.75 Å². The number of amides is 3. The third-order valence-electron chi connectivity index (χ3n) is 4.91. The van der Waals surface area contributed by atoms with E-state index in [9.17, 15) is 14.4 Å². The molecule has 3 saturated heterocycles. The van der Waals surface area contributed by atoms with Gasteiger partial charge in [-0.3, -0.25) is 19.8 Å². The van der Waals surface area contributed by atoms with E-state index in [1.807, 2.05) is 19.1 Å². The van der Waals surface area contributed by atoms with Crippen LogP contribution in [0.4, 0.5) is 0 Å². The van der Waals surface area contributed by atoms with Crippen molar-refractivity contribution in [3.05, 3.63) is 29.8 Å². The van der Waals surface area contributed by atoms with Crippen LogP contribution in [-0.2, 0) is 19.1 Å². The summed E-state index contributed by atoms with van der Waals surface area (Å²) >= 11 is 0. The quantitative estimate of drug-likeness (QED) is 0.816. The zero-order valence-electron chi connectivity index (χ0n) is 13.2. The van der Waals surface area contributed by atoms with Crippen molar-refractivity contribution in [2.45, 2.75) is 32.0 Å². The number of carbonyl (C=O) groups is 3. The smallest absolute Gasteiger partial charge is 0.276 e. The molecular weight excluding hydrogens is 312 g/mol. The normalized spacial score (nSPS) is 30.6. The molecule has 0 aliphatic carbocycles. The number of hydrogen-bond acceptors (Lipinski definition) is 5. The first-order chi connectivity index (χ1) is 11.5. The van der Waals surface area contributed by atoms with Gasteiger partial charge in [0, 0.05) is 0 Å². The summed E-state index contributed by atoms with van der Waals surface area (Å²) < 4.78 is 11.0. The SMILES string of the molecule is Cc1ccc(OCC(=O)NN2C(=O)[C@@H]3[C@@H](C2=O)[C@H]2CC[C@H]3O2)cc1. The molecule has 1 aromatic carbocycles. The van der Waals surface area contributed by atoms with Gasteiger partial charge in [0.25, 0.3) is 17.7 Å². The molecule has 0 unspecified atom stereocenters. The van der Waals surface area contributed by atoms with E-state index >= 15 is 0 Å². The molecule has 1 aromatic rings. The van der Waals surface area contributed by atoms with Crippen molar-refractivity contribution in [1.82, 2.24) is 10.4 Å². The van der Waals surface area contributed by atoms with Crippen LogP contribution in [-0.4, -0.2) is 41.5 Å². The van der Waals surface area contributed by atoms with E-state index in [0.29, 0.717) is 5.75 Å². The van der Waals surface area contributed by atoms with Gasteiger partial charge < -0.3 is 9.47 Å². The maximum absolute atomic E-state index is 12.4. The number of hydrogen-bond donors (Lipinski definition) is 1. The Kier molecular flexibility index (Phi) is 3.53. The van der Waals surface area contributed by atoms with E-state index in [2.05, 4.69) is 5.43 Å². The number of hydrazine groups is 1. The summed E-state index contributed by atoms with van der Waals surface area (Å²) in [5.41, 5.74) is 3.46. The minimum absolute atomic E-state index is 0.192. The molecule has 126 valence electrons. The summed E-state index contributed by atoms with van der Waals surface area (Å²) in [6.07, 6.45) is 1.20. The van der Waals surface area contributed by atoms with Crippen LogP contribution in [0.2, 0.25) is 0 Å². The van der Waals surface area contributed by atoms with Gasteiger partial charge in [-0.15, -0.1) is 0 Å². The first-order valence-corrected chi connectivity index (χ1v) is 8.07. The Balaban J connectivity index is 1.37. The highest BCUT2D eigenvalue weighted by molar-refractivity contribution is 6.07. The van der Waals surface area contributed by atoms with Crippen LogP contribution in [0.1, 0.15) is 18.4 Å². The molecule has 4 rings (SSSR count). The summed E-state index contributed by atoms with van der Waals surface area (Å²) in [6.45, 7) is 1.69. The number of fused-ring (bicyclic) bond motifs is 5. The number of imide groups is 1. The minimum Gasteiger partial charge on any atom is -0.484 e. The minimum atomic E-state index is -0.537. The topological polar surface area (TPSA) is 84.9 Å². The van der Waals surface area contributed by atoms with E-state index in [-0.39, 0.29) is 30.6 Å². The molecule has 1 N–H and O–H groups in total. The summed E-state index contributed by atoms with van der Waals surface area (Å²) in [7, 11) is 0. The first kappa shape index (κ1) is 15.1. The number of ether oxygens (including phenoxy) is 2. The molecule has 4 atom stereocenters. The number of rotatable bonds is 4. The van der Waals surface area contributed by atoms with Crippen molar-refractivity contribution in [1.29, 1.82) is 0 Å². The monoisotopic (exact) mass is 330 g/mol. The van der Waals surface area contributed by atoms with Crippen LogP contribution < -0.4 is 10.2 Å². The number of benzene rings is 1. The van der Waals surface area contributed by atoms with Crippen molar-refractivity contribution in [2.24, 2.45) is 11.8 Å². The summed E-state index contributed by atoms with van der Waals surface area (Å²) in [5.74, 6) is -1.63. The molecule has 2 bridgehead atoms. The van der Waals surface area contributed by atoms with Crippen LogP contribution in [0.5, 0.6) is 5.75 Å². The van der Waals surface area contributed by atoms with Crippen LogP contribution in [0.25, 0.3) is 0 Å². The zero-order valence-corrected chi connectivity index (χ0v) is 13.2. The lowest BCUT2D eigenvalue weighted by Gasteiger charge is -2.18. The van der Waals surface area contributed by atoms with Gasteiger partial charge in [0.1, 0.15) is 5.75 Å². The van der Waals surface area contributed by atoms with E-state index < -0.39 is 17.7 Å². The molecule has 0 aromatic heterocycles. The highest BCUT2D eigenvalue weighted by Gasteiger charge is 2.62. The molecule has 3 fully saturated rings. The molecule has 3 aliphatic heterocycles. The average molecular weight is 330 g/mol. The van der Waals surface area contributed by atoms with E-state index in [0.717, 1.165) is 23.4 Å². The van der Waals surface area contributed by atoms with Crippen LogP contribution >= 0.6 is 0 Å². The first-order valence-electron chi connectivity index (χ1n) is 8.07. The third kappa shape index (κ3) is 2.36. The standard InChI is InChI=1S/C17H18N2O5/c1-9-2-4-10(5-3-9)23-8-13(20)18-19-16(21)14-11-6-7-12(24-11)15(14)17(19)22/h2-5,11-12,14-15H,6-8H2,1H3,(H,18,20)/t11-,12-,14+,15+/m1/s1. The van der Waals surface area contributed by atoms with Gasteiger partial charge in [-0.25, -0.2) is 0 Å². The molecule has 3 aliphatic rings. The Bertz CT molecular complexity index is 673. The molecule has 7 heteroatoms. The molecule has 7 nitrogen and oxygen atoms in total. The molecule has 0 spiro atoms. The molecule has 0 saturated carbocycles. The van der Waals surface area contributed by atoms with E-state index in [4.69, 9.17) is 9.47 Å². The second-order valence-electron chi connectivity index (χ2n) is 6.49. The lowest BCUT2D eigenvalue weighted by Crippen LogP contribution is -2.49. The van der Waals surface area contributed by atoms with Gasteiger partial charge in [0.2, 0.25) is 0 Å². The van der Waals surface area contributed by atoms with Crippen LogP contribution in [0, 0.1) is 18.8 Å². The Hall–Kier alpha value is -2.41. The van der Waals surface area contributed by atoms with Gasteiger partial charge in [-0.2, -0.15) is 5.01 Å². The predicted molar refractivity (Wildman–Crippen MR) is 81.5 cm³/mol. The lowest BCUT2D eigenvalue weighted by molar-refractivity contribution is -0.151. The fourth-order valence-corrected chi connectivity index (χ4v) is 3.76. The number of nitrogens with one attached hydrogen (secondary N) is 1. The van der Waals surface area contributed by atoms with Gasteiger partial charge in [-0.05, 0) is 31.9 Å². The van der Waals surface area contributed by atoms with Crippen molar-refractivity contribution in [3.63, 3.8) is 0 Å². The maximum Gasteiger partial charge on any atom is 0.276 e. The zero-order chi connectivity index (χ0) is 16.8. The second-order valence-corrected chi connectivity index (χ2v) is 6.49. The van der Waals surface area contributed by atoms with Gasteiger partial charge >= 0.3 is 0 Å². The maximum atomic E-state index is 12.4. The van der Waals surface area contributed by atoms with Crippen LogP contribution in [0.3, 0.4) is 0 Å². The van der Waals surface area contributed by atoms with Gasteiger partial charge in [0.15, 0.2) is 6.61 Å². The third-order valence-corrected chi connectivity index (χ3v) is 4.91. The number of aryl methyl sites for hydroxylation is 1. The lowest BCUT2D eigenvalue weighted by atomic mass is 9.81. The highest BCUT2D eigenvalue weighted by Crippen LogP contribution is 2.47. The van der Waals surface area contributed by atoms with Gasteiger partial charge in [-0.1, -0.05) is 17.7 Å². The molecule has 3 amide bonds. The number of carbonyl (C=O) groups excluding carboxylic acids is 3. The molecular formula is C17H18N2O5. The molecule has 24 heavy (non-hydrogen) atoms. The van der Waals surface area contributed by atoms with E-state index in [1.54, 1.807) is 12.1 Å². The Morgan fingerprint density at radius 3 is 2.33 bits per heavy atom. The summed E-state index contributed by atoms with van der Waals surface area (Å²) in [5, 5.41) is 0.851. The largest absolute Gasteiger partial charge is 0.484 e. The van der Waals surface area contributed by atoms with Crippen LogP contribution in [0.15, 0.2) is 24.3 Å². The summed E-state index contributed by atoms with van der Waals surface area (Å²) in [6, 6.07) is 7.26. The predicted octanol–water partition coefficient (Wildman–Crippen LogP) is 0.567. The second kappa shape index (κ2) is 5.59. The Morgan fingerprint density at radius 2 is 1.75 bits per heavy atom. The molecule has 3 heterocycles. The van der Waals surface area contributed by atoms with E-state index in [1.165, 1.54) is 0 Å². The summed E-state index contributed by atoms with van der Waals surface area (Å²) in [4.78, 5) is 36.8. The fourth-order valence-electron chi connectivity index (χ4n) is 3.76. The number of nitrogens with zero attached hydrogens (tertiary/aromatic N) is 1.